The Morgan fingerprint density at radius 3 is 2.40 bits per heavy atom. The lowest BCUT2D eigenvalue weighted by Crippen LogP contribution is -2.37. The number of alkyl halides is 3. The number of benzene rings is 1. The molecule has 3 rings (SSSR count). The van der Waals surface area contributed by atoms with Crippen molar-refractivity contribution in [1.82, 2.24) is 9.97 Å². The molecular weight excluding hydrogens is 415 g/mol. The highest BCUT2D eigenvalue weighted by Crippen LogP contribution is 2.41. The lowest BCUT2D eigenvalue weighted by atomic mass is 9.87. The SMILES string of the molecule is Cc1ccc(OC(=O)Nc2nc(C)c(-c3ccnc(C(C)(C)C(F)(F)F)c3)s2)cc1. The van der Waals surface area contributed by atoms with Gasteiger partial charge in [0, 0.05) is 6.20 Å². The third kappa shape index (κ3) is 4.62. The standard InChI is InChI=1S/C21H20F3N3O2S/c1-12-5-7-15(8-6-12)29-19(28)27-18-26-13(2)17(30-18)14-9-10-25-16(11-14)20(3,4)21(22,23)24/h5-11H,1-4H3,(H,26,27,28). The van der Waals surface area contributed by atoms with Crippen LogP contribution in [0.5, 0.6) is 5.75 Å². The second kappa shape index (κ2) is 8.06. The molecule has 0 spiro atoms. The first-order valence-electron chi connectivity index (χ1n) is 9.04. The average Bonchev–Trinajstić information content (AvgIpc) is 3.02. The largest absolute Gasteiger partial charge is 0.418 e. The van der Waals surface area contributed by atoms with E-state index in [1.54, 1.807) is 25.1 Å². The third-order valence-corrected chi connectivity index (χ3v) is 5.73. The van der Waals surface area contributed by atoms with Crippen LogP contribution in [0, 0.1) is 13.8 Å². The number of hydrogen-bond acceptors (Lipinski definition) is 5. The van der Waals surface area contributed by atoms with Crippen molar-refractivity contribution in [3.63, 3.8) is 0 Å². The molecule has 0 fully saturated rings. The number of pyridine rings is 1. The van der Waals surface area contributed by atoms with E-state index in [2.05, 4.69) is 15.3 Å². The van der Waals surface area contributed by atoms with Gasteiger partial charge < -0.3 is 4.74 Å². The summed E-state index contributed by atoms with van der Waals surface area (Å²) in [5, 5.41) is 2.84. The number of rotatable bonds is 4. The van der Waals surface area contributed by atoms with Crippen LogP contribution in [0.3, 0.4) is 0 Å². The summed E-state index contributed by atoms with van der Waals surface area (Å²) in [7, 11) is 0. The zero-order chi connectivity index (χ0) is 22.1. The minimum Gasteiger partial charge on any atom is -0.410 e. The number of aromatic nitrogens is 2. The van der Waals surface area contributed by atoms with Gasteiger partial charge in [-0.25, -0.2) is 9.78 Å². The maximum Gasteiger partial charge on any atom is 0.418 e. The molecule has 0 bridgehead atoms. The monoisotopic (exact) mass is 435 g/mol. The fourth-order valence-corrected chi connectivity index (χ4v) is 3.55. The highest BCUT2D eigenvalue weighted by molar-refractivity contribution is 7.19. The summed E-state index contributed by atoms with van der Waals surface area (Å²) < 4.78 is 45.3. The number of anilines is 1. The summed E-state index contributed by atoms with van der Waals surface area (Å²) in [5.41, 5.74) is -0.0256. The maximum absolute atomic E-state index is 13.4. The minimum absolute atomic E-state index is 0.0893. The van der Waals surface area contributed by atoms with Gasteiger partial charge in [-0.15, -0.1) is 0 Å². The van der Waals surface area contributed by atoms with E-state index in [9.17, 15) is 18.0 Å². The molecule has 0 aliphatic carbocycles. The van der Waals surface area contributed by atoms with Crippen LogP contribution in [0.25, 0.3) is 10.4 Å². The zero-order valence-corrected chi connectivity index (χ0v) is 17.6. The number of carbonyl (C=O) groups is 1. The van der Waals surface area contributed by atoms with E-state index in [0.717, 1.165) is 30.7 Å². The van der Waals surface area contributed by atoms with E-state index in [4.69, 9.17) is 4.74 Å². The molecule has 0 aliphatic heterocycles. The van der Waals surface area contributed by atoms with Gasteiger partial charge in [0.05, 0.1) is 16.3 Å². The normalized spacial score (nSPS) is 12.0. The minimum atomic E-state index is -4.44. The molecule has 9 heteroatoms. The first-order chi connectivity index (χ1) is 14.0. The van der Waals surface area contributed by atoms with Crippen LogP contribution in [0.4, 0.5) is 23.1 Å². The lowest BCUT2D eigenvalue weighted by Gasteiger charge is -2.27. The Balaban J connectivity index is 1.80. The summed E-state index contributed by atoms with van der Waals surface area (Å²) in [6.07, 6.45) is -3.79. The molecular formula is C21H20F3N3O2S. The Morgan fingerprint density at radius 2 is 1.77 bits per heavy atom. The number of thiazole rings is 1. The summed E-state index contributed by atoms with van der Waals surface area (Å²) in [6.45, 7) is 5.82. The predicted molar refractivity (Wildman–Crippen MR) is 110 cm³/mol. The topological polar surface area (TPSA) is 64.1 Å². The first-order valence-corrected chi connectivity index (χ1v) is 9.85. The summed E-state index contributed by atoms with van der Waals surface area (Å²) >= 11 is 1.15. The van der Waals surface area contributed by atoms with Crippen molar-refractivity contribution < 1.29 is 22.7 Å². The number of carbonyl (C=O) groups excluding carboxylic acids is 1. The second-order valence-electron chi connectivity index (χ2n) is 7.31. The van der Waals surface area contributed by atoms with Gasteiger partial charge in [-0.2, -0.15) is 13.2 Å². The second-order valence-corrected chi connectivity index (χ2v) is 8.31. The van der Waals surface area contributed by atoms with Crippen molar-refractivity contribution in [1.29, 1.82) is 0 Å². The first kappa shape index (κ1) is 21.8. The number of halogens is 3. The van der Waals surface area contributed by atoms with E-state index in [1.807, 2.05) is 19.1 Å². The van der Waals surface area contributed by atoms with E-state index in [1.165, 1.54) is 12.3 Å². The van der Waals surface area contributed by atoms with Gasteiger partial charge in [-0.05, 0) is 57.5 Å². The molecule has 5 nitrogen and oxygen atoms in total. The van der Waals surface area contributed by atoms with Crippen LogP contribution in [-0.4, -0.2) is 22.2 Å². The molecule has 0 aliphatic rings. The van der Waals surface area contributed by atoms with Gasteiger partial charge in [0.25, 0.3) is 0 Å². The number of hydrogen-bond donors (Lipinski definition) is 1. The molecule has 2 heterocycles. The molecule has 0 unspecified atom stereocenters. The molecule has 1 amide bonds. The number of amides is 1. The van der Waals surface area contributed by atoms with Crippen molar-refractivity contribution in [2.24, 2.45) is 0 Å². The number of nitrogens with zero attached hydrogens (tertiary/aromatic N) is 2. The molecule has 0 saturated carbocycles. The molecule has 2 aromatic heterocycles. The smallest absolute Gasteiger partial charge is 0.410 e. The summed E-state index contributed by atoms with van der Waals surface area (Å²) in [4.78, 5) is 21.0. The van der Waals surface area contributed by atoms with E-state index in [-0.39, 0.29) is 10.8 Å². The van der Waals surface area contributed by atoms with Gasteiger partial charge in [-0.3, -0.25) is 10.3 Å². The molecule has 1 aromatic carbocycles. The van der Waals surface area contributed by atoms with Gasteiger partial charge in [-0.1, -0.05) is 29.0 Å². The lowest BCUT2D eigenvalue weighted by molar-refractivity contribution is -0.181. The summed E-state index contributed by atoms with van der Waals surface area (Å²) in [5.74, 6) is 0.389. The maximum atomic E-state index is 13.4. The van der Waals surface area contributed by atoms with Crippen LogP contribution in [0.1, 0.15) is 30.8 Å². The van der Waals surface area contributed by atoms with Crippen molar-refractivity contribution in [2.45, 2.75) is 39.3 Å². The fraction of sp³-hybridized carbons (Fsp3) is 0.286. The van der Waals surface area contributed by atoms with E-state index >= 15 is 0 Å². The van der Waals surface area contributed by atoms with E-state index < -0.39 is 17.7 Å². The Morgan fingerprint density at radius 1 is 1.10 bits per heavy atom. The quantitative estimate of drug-likeness (QED) is 0.524. The van der Waals surface area contributed by atoms with Crippen molar-refractivity contribution in [2.75, 3.05) is 5.32 Å². The van der Waals surface area contributed by atoms with Crippen LogP contribution in [0.2, 0.25) is 0 Å². The Labute approximate surface area is 176 Å². The van der Waals surface area contributed by atoms with Crippen molar-refractivity contribution >= 4 is 22.6 Å². The molecule has 3 aromatic rings. The molecule has 30 heavy (non-hydrogen) atoms. The van der Waals surface area contributed by atoms with E-state index in [0.29, 0.717) is 21.9 Å². The number of nitrogens with one attached hydrogen (secondary N) is 1. The predicted octanol–water partition coefficient (Wildman–Crippen LogP) is 6.27. The van der Waals surface area contributed by atoms with Crippen LogP contribution in [-0.2, 0) is 5.41 Å². The Bertz CT molecular complexity index is 1060. The Hall–Kier alpha value is -2.94. The van der Waals surface area contributed by atoms with Crippen molar-refractivity contribution in [3.05, 3.63) is 59.5 Å². The highest BCUT2D eigenvalue weighted by Gasteiger charge is 2.49. The molecule has 1 N–H and O–H groups in total. The van der Waals surface area contributed by atoms with Gasteiger partial charge in [0.15, 0.2) is 5.13 Å². The number of ether oxygens (including phenoxy) is 1. The summed E-state index contributed by atoms with van der Waals surface area (Å²) in [6, 6.07) is 10.0. The molecule has 0 atom stereocenters. The highest BCUT2D eigenvalue weighted by atomic mass is 32.1. The fourth-order valence-electron chi connectivity index (χ4n) is 2.60. The zero-order valence-electron chi connectivity index (χ0n) is 16.8. The Kier molecular flexibility index (Phi) is 5.85. The van der Waals surface area contributed by atoms with Crippen LogP contribution < -0.4 is 10.1 Å². The van der Waals surface area contributed by atoms with Crippen LogP contribution in [0.15, 0.2) is 42.6 Å². The molecule has 0 radical (unpaired) electrons. The third-order valence-electron chi connectivity index (χ3n) is 4.61. The van der Waals surface area contributed by atoms with Crippen molar-refractivity contribution in [3.8, 4) is 16.2 Å². The van der Waals surface area contributed by atoms with Gasteiger partial charge in [0.1, 0.15) is 11.2 Å². The van der Waals surface area contributed by atoms with Crippen LogP contribution >= 0.6 is 11.3 Å². The van der Waals surface area contributed by atoms with Gasteiger partial charge in [0.2, 0.25) is 0 Å². The van der Waals surface area contributed by atoms with Gasteiger partial charge >= 0.3 is 12.3 Å². The molecule has 0 saturated heterocycles. The number of aryl methyl sites for hydroxylation is 2. The molecule has 158 valence electrons. The average molecular weight is 435 g/mol.